The van der Waals surface area contributed by atoms with Crippen molar-refractivity contribution < 1.29 is 13.2 Å². The molecule has 0 fully saturated rings. The number of halogens is 1. The number of benzene rings is 3. The SMILES string of the molecule is FP1(c2ccccc2)(c2ccccc2)Oc2ccccc2O1. The van der Waals surface area contributed by atoms with Crippen molar-refractivity contribution in [3.05, 3.63) is 84.9 Å². The van der Waals surface area contributed by atoms with Crippen molar-refractivity contribution in [1.29, 1.82) is 0 Å². The van der Waals surface area contributed by atoms with Gasteiger partial charge < -0.3 is 0 Å². The van der Waals surface area contributed by atoms with E-state index in [-0.39, 0.29) is 0 Å². The fraction of sp³-hybridized carbons (Fsp3) is 0. The monoisotopic (exact) mass is 312 g/mol. The molecule has 1 heterocycles. The molecule has 4 heteroatoms. The minimum atomic E-state index is -4.69. The summed E-state index contributed by atoms with van der Waals surface area (Å²) in [5, 5.41) is 0.854. The Hall–Kier alpha value is -2.38. The van der Waals surface area contributed by atoms with Crippen molar-refractivity contribution in [2.75, 3.05) is 0 Å². The predicted octanol–water partition coefficient (Wildman–Crippen LogP) is 4.38. The van der Waals surface area contributed by atoms with Crippen LogP contribution in [0.25, 0.3) is 0 Å². The van der Waals surface area contributed by atoms with Crippen LogP contribution in [0.1, 0.15) is 0 Å². The third kappa shape index (κ3) is 1.76. The second kappa shape index (κ2) is 4.56. The van der Waals surface area contributed by atoms with Gasteiger partial charge in [0.15, 0.2) is 0 Å². The fourth-order valence-corrected chi connectivity index (χ4v) is 5.81. The summed E-state index contributed by atoms with van der Waals surface area (Å²) >= 11 is 0. The van der Waals surface area contributed by atoms with E-state index in [2.05, 4.69) is 0 Å². The number of rotatable bonds is 2. The van der Waals surface area contributed by atoms with E-state index in [4.69, 9.17) is 9.05 Å². The summed E-state index contributed by atoms with van der Waals surface area (Å²) in [6, 6.07) is 24.8. The quantitative estimate of drug-likeness (QED) is 0.654. The van der Waals surface area contributed by atoms with E-state index < -0.39 is 7.37 Å². The van der Waals surface area contributed by atoms with E-state index in [1.807, 2.05) is 24.3 Å². The van der Waals surface area contributed by atoms with E-state index in [1.165, 1.54) is 0 Å². The van der Waals surface area contributed by atoms with Crippen LogP contribution in [-0.2, 0) is 0 Å². The van der Waals surface area contributed by atoms with E-state index in [0.29, 0.717) is 22.1 Å². The van der Waals surface area contributed by atoms with Crippen molar-refractivity contribution in [1.82, 2.24) is 0 Å². The summed E-state index contributed by atoms with van der Waals surface area (Å²) in [6.07, 6.45) is 0. The van der Waals surface area contributed by atoms with Crippen LogP contribution in [0.5, 0.6) is 11.5 Å². The standard InChI is InChI=1S/C18H14FO2P/c19-22(15-9-3-1-4-10-15,16-11-5-2-6-12-16)20-17-13-7-8-14-18(17)21-22/h1-14H. The number of hydrogen-bond donors (Lipinski definition) is 0. The molecule has 3 aromatic carbocycles. The Kier molecular flexibility index (Phi) is 2.75. The van der Waals surface area contributed by atoms with Gasteiger partial charge in [0.1, 0.15) is 0 Å². The Bertz CT molecular complexity index is 752. The number of hydrogen-bond acceptors (Lipinski definition) is 2. The summed E-state index contributed by atoms with van der Waals surface area (Å²) in [5.41, 5.74) is 0. The summed E-state index contributed by atoms with van der Waals surface area (Å²) in [7, 11) is -4.69. The van der Waals surface area contributed by atoms with Crippen molar-refractivity contribution in [2.45, 2.75) is 0 Å². The summed E-state index contributed by atoms with van der Waals surface area (Å²) in [5.74, 6) is 0.880. The molecule has 4 rings (SSSR count). The molecular weight excluding hydrogens is 298 g/mol. The molecule has 3 aromatic rings. The van der Waals surface area contributed by atoms with Crippen LogP contribution in [-0.4, -0.2) is 0 Å². The first-order valence-corrected chi connectivity index (χ1v) is 9.00. The van der Waals surface area contributed by atoms with Crippen LogP contribution < -0.4 is 19.7 Å². The van der Waals surface area contributed by atoms with Gasteiger partial charge in [-0.1, -0.05) is 0 Å². The molecule has 22 heavy (non-hydrogen) atoms. The van der Waals surface area contributed by atoms with Gasteiger partial charge in [-0.05, 0) is 0 Å². The van der Waals surface area contributed by atoms with Crippen molar-refractivity contribution >= 4 is 18.0 Å². The Morgan fingerprint density at radius 1 is 0.545 bits per heavy atom. The van der Waals surface area contributed by atoms with Crippen molar-refractivity contribution in [3.63, 3.8) is 0 Å². The molecule has 0 bridgehead atoms. The van der Waals surface area contributed by atoms with Crippen molar-refractivity contribution in [2.24, 2.45) is 0 Å². The zero-order chi connectivity index (χ0) is 15.1. The average molecular weight is 312 g/mol. The average Bonchev–Trinajstić information content (AvgIpc) is 2.92. The van der Waals surface area contributed by atoms with Crippen LogP contribution in [0, 0.1) is 0 Å². The van der Waals surface area contributed by atoms with Crippen LogP contribution in [0.15, 0.2) is 84.9 Å². The van der Waals surface area contributed by atoms with Gasteiger partial charge in [0.25, 0.3) is 0 Å². The maximum atomic E-state index is 16.6. The molecule has 0 amide bonds. The number of fused-ring (bicyclic) bond motifs is 1. The zero-order valence-corrected chi connectivity index (χ0v) is 12.6. The topological polar surface area (TPSA) is 18.5 Å². The van der Waals surface area contributed by atoms with Crippen LogP contribution >= 0.6 is 7.37 Å². The van der Waals surface area contributed by atoms with Crippen LogP contribution in [0.4, 0.5) is 4.20 Å². The first-order valence-electron chi connectivity index (χ1n) is 7.04. The Morgan fingerprint density at radius 2 is 0.909 bits per heavy atom. The first kappa shape index (κ1) is 13.3. The molecule has 0 atom stereocenters. The minimum absolute atomic E-state index is 0.427. The first-order chi connectivity index (χ1) is 10.7. The molecular formula is C18H14FO2P. The fourth-order valence-electron chi connectivity index (χ4n) is 2.69. The van der Waals surface area contributed by atoms with Gasteiger partial charge >= 0.3 is 128 Å². The van der Waals surface area contributed by atoms with E-state index in [1.54, 1.807) is 60.7 Å². The van der Waals surface area contributed by atoms with E-state index in [0.717, 1.165) is 0 Å². The zero-order valence-electron chi connectivity index (χ0n) is 11.7. The van der Waals surface area contributed by atoms with Crippen LogP contribution in [0.2, 0.25) is 0 Å². The Labute approximate surface area is 128 Å². The molecule has 0 aromatic heterocycles. The molecule has 0 aliphatic carbocycles. The van der Waals surface area contributed by atoms with Gasteiger partial charge in [-0.25, -0.2) is 0 Å². The molecule has 0 N–H and O–H groups in total. The molecule has 1 aliphatic rings. The molecule has 0 radical (unpaired) electrons. The summed E-state index contributed by atoms with van der Waals surface area (Å²) in [4.78, 5) is 0. The van der Waals surface area contributed by atoms with Gasteiger partial charge in [0, 0.05) is 0 Å². The third-order valence-electron chi connectivity index (χ3n) is 3.76. The van der Waals surface area contributed by atoms with Gasteiger partial charge in [-0.15, -0.1) is 0 Å². The summed E-state index contributed by atoms with van der Waals surface area (Å²) < 4.78 is 28.4. The molecule has 0 unspecified atom stereocenters. The Balaban J connectivity index is 2.00. The predicted molar refractivity (Wildman–Crippen MR) is 87.9 cm³/mol. The Morgan fingerprint density at radius 3 is 1.32 bits per heavy atom. The second-order valence-corrected chi connectivity index (χ2v) is 8.27. The molecule has 110 valence electrons. The third-order valence-corrected chi connectivity index (χ3v) is 7.15. The maximum absolute atomic E-state index is 16.6. The molecule has 0 saturated heterocycles. The number of para-hydroxylation sites is 2. The normalized spacial score (nSPS) is 19.0. The van der Waals surface area contributed by atoms with E-state index in [9.17, 15) is 0 Å². The summed E-state index contributed by atoms with van der Waals surface area (Å²) in [6.45, 7) is 0. The second-order valence-electron chi connectivity index (χ2n) is 5.16. The molecule has 0 saturated carbocycles. The van der Waals surface area contributed by atoms with Gasteiger partial charge in [-0.2, -0.15) is 0 Å². The van der Waals surface area contributed by atoms with E-state index >= 15 is 4.20 Å². The van der Waals surface area contributed by atoms with Crippen LogP contribution in [0.3, 0.4) is 0 Å². The molecule has 2 nitrogen and oxygen atoms in total. The van der Waals surface area contributed by atoms with Crippen molar-refractivity contribution in [3.8, 4) is 11.5 Å². The molecule has 0 spiro atoms. The van der Waals surface area contributed by atoms with Gasteiger partial charge in [-0.3, -0.25) is 0 Å². The molecule has 1 aliphatic heterocycles. The van der Waals surface area contributed by atoms with Gasteiger partial charge in [0.05, 0.1) is 0 Å². The van der Waals surface area contributed by atoms with Gasteiger partial charge in [0.2, 0.25) is 0 Å².